The molecule has 130 valence electrons. The second kappa shape index (κ2) is 10.5. The van der Waals surface area contributed by atoms with E-state index in [-0.39, 0.29) is 18.3 Å². The van der Waals surface area contributed by atoms with Gasteiger partial charge in [0.15, 0.2) is 0 Å². The van der Waals surface area contributed by atoms with Crippen LogP contribution in [-0.2, 0) is 11.3 Å². The summed E-state index contributed by atoms with van der Waals surface area (Å²) < 4.78 is 11.0. The van der Waals surface area contributed by atoms with Crippen molar-refractivity contribution in [2.75, 3.05) is 13.2 Å². The van der Waals surface area contributed by atoms with Gasteiger partial charge in [0.25, 0.3) is 0 Å². The van der Waals surface area contributed by atoms with Crippen molar-refractivity contribution in [3.05, 3.63) is 54.2 Å². The number of nitrogens with zero attached hydrogens (tertiary/aromatic N) is 1. The van der Waals surface area contributed by atoms with Gasteiger partial charge in [-0.25, -0.2) is 4.98 Å². The lowest BCUT2D eigenvalue weighted by molar-refractivity contribution is -0.122. The monoisotopic (exact) mass is 351 g/mol. The van der Waals surface area contributed by atoms with Crippen LogP contribution < -0.4 is 20.5 Å². The largest absolute Gasteiger partial charge is 0.490 e. The van der Waals surface area contributed by atoms with Crippen molar-refractivity contribution in [2.45, 2.75) is 19.5 Å². The Morgan fingerprint density at radius 1 is 1.17 bits per heavy atom. The molecule has 1 heterocycles. The van der Waals surface area contributed by atoms with E-state index in [2.05, 4.69) is 10.3 Å². The topological polar surface area (TPSA) is 86.5 Å². The van der Waals surface area contributed by atoms with Crippen LogP contribution >= 0.6 is 12.4 Å². The Morgan fingerprint density at radius 2 is 1.88 bits per heavy atom. The summed E-state index contributed by atoms with van der Waals surface area (Å²) >= 11 is 0. The van der Waals surface area contributed by atoms with E-state index in [1.54, 1.807) is 19.2 Å². The highest BCUT2D eigenvalue weighted by Crippen LogP contribution is 2.09. The Balaban J connectivity index is 0.00000288. The Bertz CT molecular complexity index is 606. The number of nitrogens with one attached hydrogen (secondary N) is 1. The number of hydrogen-bond donors (Lipinski definition) is 2. The zero-order valence-corrected chi connectivity index (χ0v) is 14.3. The van der Waals surface area contributed by atoms with Crippen molar-refractivity contribution in [2.24, 2.45) is 5.73 Å². The fourth-order valence-electron chi connectivity index (χ4n) is 1.77. The average molecular weight is 352 g/mol. The third kappa shape index (κ3) is 6.85. The van der Waals surface area contributed by atoms with Gasteiger partial charge in [-0.3, -0.25) is 4.79 Å². The maximum absolute atomic E-state index is 11.4. The van der Waals surface area contributed by atoms with Crippen molar-refractivity contribution >= 4 is 18.3 Å². The maximum atomic E-state index is 11.4. The SMILES string of the molecule is CC(N)C(=O)NCc1ccc(OCCOc2ccccc2)nc1.Cl. The van der Waals surface area contributed by atoms with Crippen molar-refractivity contribution in [1.82, 2.24) is 10.3 Å². The first kappa shape index (κ1) is 19.7. The Kier molecular flexibility index (Phi) is 8.60. The number of rotatable bonds is 8. The number of carbonyl (C=O) groups excluding carboxylic acids is 1. The number of pyridine rings is 1. The van der Waals surface area contributed by atoms with E-state index in [0.29, 0.717) is 25.6 Å². The first-order chi connectivity index (χ1) is 11.1. The van der Waals surface area contributed by atoms with Crippen LogP contribution in [0.4, 0.5) is 0 Å². The smallest absolute Gasteiger partial charge is 0.236 e. The predicted molar refractivity (Wildman–Crippen MR) is 94.4 cm³/mol. The van der Waals surface area contributed by atoms with Crippen LogP contribution in [0.2, 0.25) is 0 Å². The normalized spacial score (nSPS) is 11.1. The van der Waals surface area contributed by atoms with Crippen molar-refractivity contribution in [1.29, 1.82) is 0 Å². The molecular formula is C17H22ClN3O3. The van der Waals surface area contributed by atoms with Gasteiger partial charge in [0.05, 0.1) is 6.04 Å². The lowest BCUT2D eigenvalue weighted by Crippen LogP contribution is -2.37. The maximum Gasteiger partial charge on any atom is 0.236 e. The van der Waals surface area contributed by atoms with E-state index in [0.717, 1.165) is 11.3 Å². The van der Waals surface area contributed by atoms with Crippen molar-refractivity contribution in [3.8, 4) is 11.6 Å². The minimum absolute atomic E-state index is 0. The number of ether oxygens (including phenoxy) is 2. The standard InChI is InChI=1S/C17H21N3O3.ClH/c1-13(18)17(21)20-12-14-7-8-16(19-11-14)23-10-9-22-15-5-3-2-4-6-15;/h2-8,11,13H,9-10,12,18H2,1H3,(H,20,21);1H. The minimum atomic E-state index is -0.518. The van der Waals surface area contributed by atoms with E-state index in [1.807, 2.05) is 36.4 Å². The van der Waals surface area contributed by atoms with Crippen LogP contribution in [0.25, 0.3) is 0 Å². The van der Waals surface area contributed by atoms with Gasteiger partial charge in [-0.1, -0.05) is 24.3 Å². The molecule has 0 radical (unpaired) electrons. The highest BCUT2D eigenvalue weighted by atomic mass is 35.5. The molecule has 0 fully saturated rings. The molecule has 1 unspecified atom stereocenters. The molecule has 2 rings (SSSR count). The number of hydrogen-bond acceptors (Lipinski definition) is 5. The van der Waals surface area contributed by atoms with Gasteiger partial charge in [-0.05, 0) is 24.6 Å². The molecule has 0 aliphatic rings. The van der Waals surface area contributed by atoms with Gasteiger partial charge < -0.3 is 20.5 Å². The van der Waals surface area contributed by atoms with E-state index in [4.69, 9.17) is 15.2 Å². The average Bonchev–Trinajstić information content (AvgIpc) is 2.58. The number of halogens is 1. The van der Waals surface area contributed by atoms with E-state index in [9.17, 15) is 4.79 Å². The molecule has 24 heavy (non-hydrogen) atoms. The molecule has 1 aromatic carbocycles. The third-order valence-corrected chi connectivity index (χ3v) is 3.02. The molecule has 6 nitrogen and oxygen atoms in total. The first-order valence-corrected chi connectivity index (χ1v) is 7.44. The molecule has 1 amide bonds. The third-order valence-electron chi connectivity index (χ3n) is 3.02. The molecule has 7 heteroatoms. The Morgan fingerprint density at radius 3 is 2.50 bits per heavy atom. The summed E-state index contributed by atoms with van der Waals surface area (Å²) in [5, 5.41) is 2.72. The molecule has 3 N–H and O–H groups in total. The van der Waals surface area contributed by atoms with E-state index in [1.165, 1.54) is 0 Å². The molecule has 1 atom stereocenters. The number of amides is 1. The van der Waals surface area contributed by atoms with Crippen LogP contribution in [-0.4, -0.2) is 30.1 Å². The summed E-state index contributed by atoms with van der Waals surface area (Å²) in [6.45, 7) is 2.88. The van der Waals surface area contributed by atoms with Gasteiger partial charge in [0.1, 0.15) is 19.0 Å². The minimum Gasteiger partial charge on any atom is -0.490 e. The van der Waals surface area contributed by atoms with Gasteiger partial charge in [0, 0.05) is 18.8 Å². The summed E-state index contributed by atoms with van der Waals surface area (Å²) in [6, 6.07) is 12.6. The lowest BCUT2D eigenvalue weighted by atomic mass is 10.2. The Hall–Kier alpha value is -2.31. The van der Waals surface area contributed by atoms with Crippen LogP contribution in [0.15, 0.2) is 48.7 Å². The van der Waals surface area contributed by atoms with Crippen LogP contribution in [0.5, 0.6) is 11.6 Å². The highest BCUT2D eigenvalue weighted by molar-refractivity contribution is 5.85. The number of carbonyl (C=O) groups is 1. The van der Waals surface area contributed by atoms with E-state index >= 15 is 0 Å². The van der Waals surface area contributed by atoms with Crippen molar-refractivity contribution < 1.29 is 14.3 Å². The summed E-state index contributed by atoms with van der Waals surface area (Å²) in [7, 11) is 0. The molecule has 1 aromatic heterocycles. The molecule has 0 saturated heterocycles. The fourth-order valence-corrected chi connectivity index (χ4v) is 1.77. The highest BCUT2D eigenvalue weighted by Gasteiger charge is 2.06. The summed E-state index contributed by atoms with van der Waals surface area (Å²) in [6.07, 6.45) is 1.66. The summed E-state index contributed by atoms with van der Waals surface area (Å²) in [5.74, 6) is 1.14. The quantitative estimate of drug-likeness (QED) is 0.710. The predicted octanol–water partition coefficient (Wildman–Crippen LogP) is 1.92. The molecule has 0 aliphatic heterocycles. The number of nitrogens with two attached hydrogens (primary N) is 1. The second-order valence-electron chi connectivity index (χ2n) is 5.02. The van der Waals surface area contributed by atoms with Gasteiger partial charge in [-0.2, -0.15) is 0 Å². The molecule has 0 aliphatic carbocycles. The zero-order valence-electron chi connectivity index (χ0n) is 13.5. The van der Waals surface area contributed by atoms with Gasteiger partial charge in [0.2, 0.25) is 11.8 Å². The first-order valence-electron chi connectivity index (χ1n) is 7.44. The summed E-state index contributed by atoms with van der Waals surface area (Å²) in [4.78, 5) is 15.6. The van der Waals surface area contributed by atoms with Crippen LogP contribution in [0.1, 0.15) is 12.5 Å². The molecule has 0 saturated carbocycles. The fraction of sp³-hybridized carbons (Fsp3) is 0.294. The lowest BCUT2D eigenvalue weighted by Gasteiger charge is -2.09. The van der Waals surface area contributed by atoms with Gasteiger partial charge >= 0.3 is 0 Å². The molecule has 0 bridgehead atoms. The molecule has 2 aromatic rings. The summed E-state index contributed by atoms with van der Waals surface area (Å²) in [5.41, 5.74) is 6.36. The number of para-hydroxylation sites is 1. The molecule has 0 spiro atoms. The van der Waals surface area contributed by atoms with Crippen LogP contribution in [0.3, 0.4) is 0 Å². The second-order valence-corrected chi connectivity index (χ2v) is 5.02. The van der Waals surface area contributed by atoms with Gasteiger partial charge in [-0.15, -0.1) is 12.4 Å². The van der Waals surface area contributed by atoms with E-state index < -0.39 is 6.04 Å². The van der Waals surface area contributed by atoms with Crippen LogP contribution in [0, 0.1) is 0 Å². The number of aromatic nitrogens is 1. The Labute approximate surface area is 147 Å². The number of benzene rings is 1. The zero-order chi connectivity index (χ0) is 16.5. The molecular weight excluding hydrogens is 330 g/mol. The van der Waals surface area contributed by atoms with Crippen molar-refractivity contribution in [3.63, 3.8) is 0 Å².